The topological polar surface area (TPSA) is 13.1 Å². The third-order valence-corrected chi connectivity index (χ3v) is 11.9. The Morgan fingerprint density at radius 1 is 0.648 bits per heavy atom. The summed E-state index contributed by atoms with van der Waals surface area (Å²) in [6, 6.07) is 48.1. The molecule has 0 saturated heterocycles. The van der Waals surface area contributed by atoms with Gasteiger partial charge in [-0.05, 0) is 104 Å². The zero-order valence-electron chi connectivity index (χ0n) is 30.2. The highest BCUT2D eigenvalue weighted by atomic mass is 32.2. The Hall–Kier alpha value is -6.09. The molecule has 260 valence electrons. The van der Waals surface area contributed by atoms with Crippen molar-refractivity contribution >= 4 is 68.1 Å². The molecule has 0 radical (unpaired) electrons. The second-order valence-electron chi connectivity index (χ2n) is 14.0. The smallest absolute Gasteiger partial charge is 0.142 e. The second kappa shape index (κ2) is 14.7. The molecule has 1 aliphatic heterocycles. The third kappa shape index (κ3) is 6.33. The SMILES string of the molecule is C=Cc1ccccc1C(=C)C1=c2cccc/c2=C(c2ccc(/C3=C/c4c(ccc5c4oc4ccccc45)Cc4ccccc4SC3)cc2)/C=C/CCC=C1. The van der Waals surface area contributed by atoms with Crippen molar-refractivity contribution in [2.75, 3.05) is 5.75 Å². The van der Waals surface area contributed by atoms with Crippen molar-refractivity contribution in [3.63, 3.8) is 0 Å². The predicted molar refractivity (Wildman–Crippen MR) is 233 cm³/mol. The molecule has 0 bridgehead atoms. The molecule has 9 rings (SSSR count). The normalized spacial score (nSPS) is 16.9. The van der Waals surface area contributed by atoms with Crippen LogP contribution in [0.1, 0.15) is 51.8 Å². The molecule has 2 aliphatic rings. The predicted octanol–water partition coefficient (Wildman–Crippen LogP) is 12.4. The first-order valence-corrected chi connectivity index (χ1v) is 19.7. The zero-order chi connectivity index (χ0) is 36.4. The van der Waals surface area contributed by atoms with Gasteiger partial charge in [0.15, 0.2) is 0 Å². The van der Waals surface area contributed by atoms with Crippen LogP contribution in [-0.4, -0.2) is 5.75 Å². The number of fused-ring (bicyclic) bond motifs is 7. The summed E-state index contributed by atoms with van der Waals surface area (Å²) < 4.78 is 6.62. The molecule has 0 unspecified atom stereocenters. The summed E-state index contributed by atoms with van der Waals surface area (Å²) in [5.41, 5.74) is 14.9. The summed E-state index contributed by atoms with van der Waals surface area (Å²) in [6.07, 6.45) is 16.2. The molecule has 0 fully saturated rings. The van der Waals surface area contributed by atoms with Crippen molar-refractivity contribution in [2.24, 2.45) is 0 Å². The Balaban J connectivity index is 1.20. The van der Waals surface area contributed by atoms with Crippen LogP contribution >= 0.6 is 11.8 Å². The minimum atomic E-state index is 0.852. The van der Waals surface area contributed by atoms with E-state index >= 15 is 0 Å². The molecule has 0 saturated carbocycles. The Kier molecular flexibility index (Phi) is 9.20. The molecule has 6 aromatic carbocycles. The van der Waals surface area contributed by atoms with Crippen LogP contribution in [0.4, 0.5) is 0 Å². The van der Waals surface area contributed by atoms with Gasteiger partial charge < -0.3 is 4.42 Å². The summed E-state index contributed by atoms with van der Waals surface area (Å²) in [7, 11) is 0. The van der Waals surface area contributed by atoms with Crippen LogP contribution in [0, 0.1) is 0 Å². The molecule has 1 aliphatic carbocycles. The molecule has 0 atom stereocenters. The van der Waals surface area contributed by atoms with E-state index in [1.165, 1.54) is 54.3 Å². The highest BCUT2D eigenvalue weighted by Crippen LogP contribution is 2.39. The first-order chi connectivity index (χ1) is 26.7. The van der Waals surface area contributed by atoms with E-state index in [9.17, 15) is 0 Å². The van der Waals surface area contributed by atoms with Crippen molar-refractivity contribution in [3.05, 3.63) is 220 Å². The lowest BCUT2D eigenvalue weighted by atomic mass is 9.90. The number of rotatable bonds is 5. The average Bonchev–Trinajstić information content (AvgIpc) is 3.63. The fourth-order valence-electron chi connectivity index (χ4n) is 7.90. The molecule has 2 heteroatoms. The van der Waals surface area contributed by atoms with Gasteiger partial charge in [-0.3, -0.25) is 0 Å². The van der Waals surface area contributed by atoms with Gasteiger partial charge in [-0.15, -0.1) is 11.8 Å². The largest absolute Gasteiger partial charge is 0.455 e. The highest BCUT2D eigenvalue weighted by molar-refractivity contribution is 7.99. The van der Waals surface area contributed by atoms with E-state index in [2.05, 4.69) is 171 Å². The molecule has 0 amide bonds. The lowest BCUT2D eigenvalue weighted by Gasteiger charge is -2.14. The third-order valence-electron chi connectivity index (χ3n) is 10.7. The van der Waals surface area contributed by atoms with E-state index in [0.717, 1.165) is 69.2 Å². The molecule has 1 nitrogen and oxygen atoms in total. The number of thioether (sulfide) groups is 1. The van der Waals surface area contributed by atoms with Crippen LogP contribution in [0.15, 0.2) is 180 Å². The van der Waals surface area contributed by atoms with Gasteiger partial charge in [0.2, 0.25) is 0 Å². The fourth-order valence-corrected chi connectivity index (χ4v) is 8.96. The van der Waals surface area contributed by atoms with Crippen molar-refractivity contribution < 1.29 is 4.42 Å². The van der Waals surface area contributed by atoms with Crippen LogP contribution in [0.25, 0.3) is 56.4 Å². The Morgan fingerprint density at radius 3 is 2.24 bits per heavy atom. The van der Waals surface area contributed by atoms with Gasteiger partial charge in [0, 0.05) is 27.0 Å². The molecular weight excluding hydrogens is 673 g/mol. The summed E-state index contributed by atoms with van der Waals surface area (Å²) in [6.45, 7) is 8.73. The summed E-state index contributed by atoms with van der Waals surface area (Å²) >= 11 is 1.92. The van der Waals surface area contributed by atoms with E-state index in [-0.39, 0.29) is 0 Å². The Labute approximate surface area is 321 Å². The summed E-state index contributed by atoms with van der Waals surface area (Å²) in [4.78, 5) is 1.33. The zero-order valence-corrected chi connectivity index (χ0v) is 31.0. The Bertz CT molecular complexity index is 2820. The van der Waals surface area contributed by atoms with Crippen molar-refractivity contribution in [3.8, 4) is 0 Å². The van der Waals surface area contributed by atoms with Crippen LogP contribution < -0.4 is 10.4 Å². The number of para-hydroxylation sites is 1. The van der Waals surface area contributed by atoms with Crippen LogP contribution in [0.3, 0.4) is 0 Å². The lowest BCUT2D eigenvalue weighted by molar-refractivity contribution is 0.667. The molecule has 0 spiro atoms. The molecule has 2 heterocycles. The summed E-state index contributed by atoms with van der Waals surface area (Å²) in [5, 5.41) is 4.68. The van der Waals surface area contributed by atoms with E-state index < -0.39 is 0 Å². The van der Waals surface area contributed by atoms with Crippen molar-refractivity contribution in [1.29, 1.82) is 0 Å². The molecule has 7 aromatic rings. The highest BCUT2D eigenvalue weighted by Gasteiger charge is 2.19. The van der Waals surface area contributed by atoms with Gasteiger partial charge >= 0.3 is 0 Å². The molecule has 0 N–H and O–H groups in total. The number of hydrogen-bond donors (Lipinski definition) is 0. The minimum Gasteiger partial charge on any atom is -0.455 e. The quantitative estimate of drug-likeness (QED) is 0.176. The van der Waals surface area contributed by atoms with Gasteiger partial charge in [-0.1, -0.05) is 165 Å². The standard InChI is InChI=1S/C52H40OS/c1-3-36-16-8-10-18-42(36)35(2)43-19-6-4-5-7-20-44(46-22-12-11-21-45(43)46)38-28-26-37(27-29-38)41-33-49-39(32-40-17-9-15-25-51(40)54-34-41)30-31-48-47-23-13-14-24-50(47)53-52(48)49/h3,6-31,33H,1-2,4-5,32,34H2/b19-6?,20-7+,41-33+,45-43?,46-44+. The second-order valence-corrected chi connectivity index (χ2v) is 15.0. The fraction of sp³-hybridized carbons (Fsp3) is 0.0769. The first kappa shape index (κ1) is 33.7. The molecule has 1 aromatic heterocycles. The van der Waals surface area contributed by atoms with Crippen molar-refractivity contribution in [1.82, 2.24) is 0 Å². The Morgan fingerprint density at radius 2 is 1.37 bits per heavy atom. The van der Waals surface area contributed by atoms with E-state index in [4.69, 9.17) is 4.42 Å². The number of hydrogen-bond acceptors (Lipinski definition) is 2. The minimum absolute atomic E-state index is 0.852. The van der Waals surface area contributed by atoms with Crippen molar-refractivity contribution in [2.45, 2.75) is 24.2 Å². The summed E-state index contributed by atoms with van der Waals surface area (Å²) in [5.74, 6) is 0.852. The monoisotopic (exact) mass is 712 g/mol. The van der Waals surface area contributed by atoms with Gasteiger partial charge in [0.1, 0.15) is 11.2 Å². The van der Waals surface area contributed by atoms with E-state index in [1.807, 2.05) is 23.9 Å². The number of furan rings is 1. The van der Waals surface area contributed by atoms with Gasteiger partial charge in [-0.2, -0.15) is 0 Å². The number of benzene rings is 6. The van der Waals surface area contributed by atoms with E-state index in [0.29, 0.717) is 0 Å². The first-order valence-electron chi connectivity index (χ1n) is 18.7. The van der Waals surface area contributed by atoms with Crippen LogP contribution in [-0.2, 0) is 6.42 Å². The van der Waals surface area contributed by atoms with Crippen LogP contribution in [0.5, 0.6) is 0 Å². The molecule has 54 heavy (non-hydrogen) atoms. The number of allylic oxidation sites excluding steroid dienone is 5. The maximum atomic E-state index is 6.62. The maximum Gasteiger partial charge on any atom is 0.142 e. The lowest BCUT2D eigenvalue weighted by Crippen LogP contribution is -2.29. The van der Waals surface area contributed by atoms with Gasteiger partial charge in [0.05, 0.1) is 0 Å². The van der Waals surface area contributed by atoms with E-state index in [1.54, 1.807) is 0 Å². The van der Waals surface area contributed by atoms with Crippen LogP contribution in [0.2, 0.25) is 0 Å². The average molecular weight is 713 g/mol. The maximum absolute atomic E-state index is 6.62. The van der Waals surface area contributed by atoms with Gasteiger partial charge in [0.25, 0.3) is 0 Å². The van der Waals surface area contributed by atoms with Gasteiger partial charge in [-0.25, -0.2) is 0 Å². The molecular formula is C52H40OS.